The number of thioether (sulfide) groups is 1. The van der Waals surface area contributed by atoms with Crippen LogP contribution < -0.4 is 0 Å². The number of carbonyl (C=O) groups excluding carboxylic acids is 1. The van der Waals surface area contributed by atoms with E-state index in [9.17, 15) is 4.79 Å². The van der Waals surface area contributed by atoms with Gasteiger partial charge in [0, 0.05) is 39.5 Å². The van der Waals surface area contributed by atoms with Gasteiger partial charge in [0.25, 0.3) is 0 Å². The van der Waals surface area contributed by atoms with Crippen LogP contribution in [-0.4, -0.2) is 5.78 Å². The van der Waals surface area contributed by atoms with Gasteiger partial charge in [-0.05, 0) is 104 Å². The van der Waals surface area contributed by atoms with E-state index in [1.807, 2.05) is 17.8 Å². The summed E-state index contributed by atoms with van der Waals surface area (Å²) in [4.78, 5) is 16.9. The lowest BCUT2D eigenvalue weighted by atomic mass is 9.65. The van der Waals surface area contributed by atoms with Crippen LogP contribution in [0.2, 0.25) is 0 Å². The zero-order valence-electron chi connectivity index (χ0n) is 27.8. The van der Waals surface area contributed by atoms with Gasteiger partial charge in [-0.2, -0.15) is 0 Å². The van der Waals surface area contributed by atoms with Crippen molar-refractivity contribution in [1.82, 2.24) is 0 Å². The Kier molecular flexibility index (Phi) is 6.38. The fourth-order valence-electron chi connectivity index (χ4n) is 10.3. The molecule has 0 saturated carbocycles. The first-order valence-corrected chi connectivity index (χ1v) is 19.0. The Hall–Kier alpha value is -4.92. The maximum atomic E-state index is 14.2. The van der Waals surface area contributed by atoms with Crippen LogP contribution in [0.4, 0.5) is 0 Å². The van der Waals surface area contributed by atoms with Crippen LogP contribution in [0.1, 0.15) is 74.3 Å². The summed E-state index contributed by atoms with van der Waals surface area (Å²) in [6.07, 6.45) is 15.5. The molecule has 0 saturated heterocycles. The molecule has 1 aliphatic heterocycles. The third-order valence-corrected chi connectivity index (χ3v) is 13.7. The summed E-state index contributed by atoms with van der Waals surface area (Å²) in [7, 11) is 0. The molecule has 5 unspecified atom stereocenters. The van der Waals surface area contributed by atoms with E-state index < -0.39 is 0 Å². The molecule has 11 rings (SSSR count). The topological polar surface area (TPSA) is 17.1 Å². The van der Waals surface area contributed by atoms with Gasteiger partial charge in [0.1, 0.15) is 0 Å². The Labute approximate surface area is 298 Å². The van der Waals surface area contributed by atoms with Gasteiger partial charge in [-0.25, -0.2) is 0 Å². The lowest BCUT2D eigenvalue weighted by Gasteiger charge is -2.39. The van der Waals surface area contributed by atoms with Crippen LogP contribution in [0.15, 0.2) is 161 Å². The lowest BCUT2D eigenvalue weighted by molar-refractivity contribution is 0.0978. The molecule has 240 valence electrons. The number of hydrogen-bond acceptors (Lipinski definition) is 2. The fraction of sp³-hybridized carbons (Fsp3) is 0.188. The molecule has 5 aromatic carbocycles. The Morgan fingerprint density at radius 1 is 0.600 bits per heavy atom. The second-order valence-corrected chi connectivity index (χ2v) is 16.1. The molecule has 0 aromatic heterocycles. The van der Waals surface area contributed by atoms with E-state index in [2.05, 4.69) is 134 Å². The zero-order valence-corrected chi connectivity index (χ0v) is 28.6. The van der Waals surface area contributed by atoms with E-state index in [-0.39, 0.29) is 17.6 Å². The van der Waals surface area contributed by atoms with E-state index in [1.165, 1.54) is 65.4 Å². The summed E-state index contributed by atoms with van der Waals surface area (Å²) in [6.45, 7) is 0. The van der Waals surface area contributed by atoms with Crippen LogP contribution in [0.5, 0.6) is 0 Å². The standard InChI is InChI=1S/C48H36OS/c49-45-27-44-42-23-30(40-21-28-11-1-3-13-32(28)34-15-5-7-17-36(34)40)25-46(42)50-47-26-31(24-43(48(44)47)38-19-9-10-20-39(38)45)41-22-29-12-2-4-14-33(29)35-16-6-8-18-37(35)41/h1-20,24-26,34,36,40-41,44H,21-23,27H2. The highest BCUT2D eigenvalue weighted by Gasteiger charge is 2.43. The van der Waals surface area contributed by atoms with Crippen LogP contribution in [0, 0.1) is 11.8 Å². The Balaban J connectivity index is 1.05. The molecule has 0 bridgehead atoms. The summed E-state index contributed by atoms with van der Waals surface area (Å²) in [5, 5.41) is 0. The Morgan fingerprint density at radius 2 is 1.32 bits per heavy atom. The highest BCUT2D eigenvalue weighted by molar-refractivity contribution is 8.03. The number of carbonyl (C=O) groups is 1. The number of Topliss-reactive ketones (excluding diaryl/α,β-unsaturated/α-hetero) is 1. The summed E-state index contributed by atoms with van der Waals surface area (Å²) in [6, 6.07) is 40.3. The molecule has 5 aromatic rings. The summed E-state index contributed by atoms with van der Waals surface area (Å²) in [5.41, 5.74) is 17.5. The average Bonchev–Trinajstić information content (AvgIpc) is 3.55. The first kappa shape index (κ1) is 28.9. The molecule has 5 aliphatic carbocycles. The normalized spacial score (nSPS) is 24.9. The number of benzene rings is 5. The third kappa shape index (κ3) is 4.24. The van der Waals surface area contributed by atoms with Gasteiger partial charge in [0.05, 0.1) is 0 Å². The minimum Gasteiger partial charge on any atom is -0.294 e. The molecule has 0 radical (unpaired) electrons. The second kappa shape index (κ2) is 11.0. The molecule has 5 atom stereocenters. The molecular weight excluding hydrogens is 625 g/mol. The van der Waals surface area contributed by atoms with Gasteiger partial charge in [0.2, 0.25) is 0 Å². The van der Waals surface area contributed by atoms with E-state index in [1.54, 1.807) is 5.57 Å². The van der Waals surface area contributed by atoms with Crippen molar-refractivity contribution in [2.45, 2.75) is 48.3 Å². The molecule has 50 heavy (non-hydrogen) atoms. The van der Waals surface area contributed by atoms with Gasteiger partial charge in [0.15, 0.2) is 5.78 Å². The van der Waals surface area contributed by atoms with Crippen molar-refractivity contribution < 1.29 is 4.79 Å². The predicted octanol–water partition coefficient (Wildman–Crippen LogP) is 11.8. The lowest BCUT2D eigenvalue weighted by Crippen LogP contribution is -2.30. The maximum absolute atomic E-state index is 14.2. The third-order valence-electron chi connectivity index (χ3n) is 12.5. The van der Waals surface area contributed by atoms with Crippen molar-refractivity contribution in [2.75, 3.05) is 0 Å². The van der Waals surface area contributed by atoms with E-state index >= 15 is 0 Å². The summed E-state index contributed by atoms with van der Waals surface area (Å²) < 4.78 is 0. The van der Waals surface area contributed by atoms with Crippen molar-refractivity contribution in [3.05, 3.63) is 195 Å². The molecular formula is C48H36OS. The highest BCUT2D eigenvalue weighted by Crippen LogP contribution is 2.59. The van der Waals surface area contributed by atoms with E-state index in [4.69, 9.17) is 0 Å². The van der Waals surface area contributed by atoms with Crippen LogP contribution in [0.3, 0.4) is 0 Å². The quantitative estimate of drug-likeness (QED) is 0.187. The van der Waals surface area contributed by atoms with E-state index in [0.29, 0.717) is 24.2 Å². The number of fused-ring (bicyclic) bond motifs is 9. The number of hydrogen-bond donors (Lipinski definition) is 0. The van der Waals surface area contributed by atoms with Gasteiger partial charge < -0.3 is 0 Å². The second-order valence-electron chi connectivity index (χ2n) is 15.0. The molecule has 6 aliphatic rings. The van der Waals surface area contributed by atoms with Gasteiger partial charge in [-0.3, -0.25) is 4.79 Å². The van der Waals surface area contributed by atoms with Crippen molar-refractivity contribution in [1.29, 1.82) is 0 Å². The molecule has 1 heterocycles. The van der Waals surface area contributed by atoms with Gasteiger partial charge in [-0.1, -0.05) is 145 Å². The first-order valence-electron chi connectivity index (χ1n) is 18.2. The average molecular weight is 661 g/mol. The van der Waals surface area contributed by atoms with Crippen molar-refractivity contribution in [2.24, 2.45) is 11.8 Å². The van der Waals surface area contributed by atoms with Crippen molar-refractivity contribution in [3.8, 4) is 22.3 Å². The summed E-state index contributed by atoms with van der Waals surface area (Å²) >= 11 is 1.97. The minimum atomic E-state index is 0.104. The smallest absolute Gasteiger partial charge is 0.164 e. The fourth-order valence-corrected chi connectivity index (χ4v) is 11.6. The zero-order chi connectivity index (χ0) is 32.9. The van der Waals surface area contributed by atoms with Crippen molar-refractivity contribution >= 4 is 17.5 Å². The molecule has 0 N–H and O–H groups in total. The number of allylic oxidation sites excluding steroid dienone is 7. The highest BCUT2D eigenvalue weighted by atomic mass is 32.2. The van der Waals surface area contributed by atoms with Crippen LogP contribution in [-0.2, 0) is 12.8 Å². The minimum absolute atomic E-state index is 0.104. The number of ketones is 1. The molecule has 2 heteroatoms. The Morgan fingerprint density at radius 3 is 2.20 bits per heavy atom. The molecule has 0 amide bonds. The number of rotatable bonds is 2. The van der Waals surface area contributed by atoms with Crippen molar-refractivity contribution in [3.63, 3.8) is 0 Å². The SMILES string of the molecule is O=C1CC2C3=C(C=C(C4Cc5ccccc5C5C=CC=CC45)C3)Sc3cc(C4Cc5ccccc5-c5ccccc54)cc(c32)-c2ccccc21. The van der Waals surface area contributed by atoms with Gasteiger partial charge in [-0.15, -0.1) is 0 Å². The predicted molar refractivity (Wildman–Crippen MR) is 205 cm³/mol. The van der Waals surface area contributed by atoms with E-state index in [0.717, 1.165) is 30.4 Å². The van der Waals surface area contributed by atoms with Crippen LogP contribution in [0.25, 0.3) is 22.3 Å². The monoisotopic (exact) mass is 660 g/mol. The summed E-state index contributed by atoms with van der Waals surface area (Å²) in [5.74, 6) is 1.97. The first-order chi connectivity index (χ1) is 24.7. The van der Waals surface area contributed by atoms with Crippen LogP contribution >= 0.6 is 11.8 Å². The Bertz CT molecular complexity index is 2420. The molecule has 1 nitrogen and oxygen atoms in total. The maximum Gasteiger partial charge on any atom is 0.164 e. The van der Waals surface area contributed by atoms with Gasteiger partial charge >= 0.3 is 0 Å². The largest absolute Gasteiger partial charge is 0.294 e. The molecule has 0 fully saturated rings. The molecule has 0 spiro atoms.